The minimum atomic E-state index is -3.00. The Hall–Kier alpha value is -2.64. The molecule has 5 nitrogen and oxygen atoms in total. The molecule has 0 amide bonds. The molecule has 0 radical (unpaired) electrons. The highest BCUT2D eigenvalue weighted by atomic mass is 19.3. The topological polar surface area (TPSA) is 78.6 Å². The van der Waals surface area contributed by atoms with Crippen molar-refractivity contribution in [2.24, 2.45) is 11.7 Å². The molecule has 150 valence electrons. The van der Waals surface area contributed by atoms with Crippen molar-refractivity contribution in [2.45, 2.75) is 32.1 Å². The van der Waals surface area contributed by atoms with Gasteiger partial charge >= 0.3 is 12.6 Å². The fourth-order valence-corrected chi connectivity index (χ4v) is 2.65. The second-order valence-electron chi connectivity index (χ2n) is 6.35. The predicted octanol–water partition coefficient (Wildman–Crippen LogP) is 3.11. The molecule has 0 saturated heterocycles. The van der Waals surface area contributed by atoms with Crippen molar-refractivity contribution in [1.82, 2.24) is 0 Å². The van der Waals surface area contributed by atoms with E-state index in [4.69, 9.17) is 10.5 Å². The molecule has 2 aromatic rings. The number of hydrogen-bond acceptors (Lipinski definition) is 5. The van der Waals surface area contributed by atoms with Gasteiger partial charge < -0.3 is 15.2 Å². The van der Waals surface area contributed by atoms with Gasteiger partial charge in [-0.15, -0.1) is 0 Å². The zero-order chi connectivity index (χ0) is 20.4. The Morgan fingerprint density at radius 2 is 1.50 bits per heavy atom. The summed E-state index contributed by atoms with van der Waals surface area (Å²) < 4.78 is 33.7. The van der Waals surface area contributed by atoms with Crippen LogP contribution in [0, 0.1) is 5.92 Å². The highest BCUT2D eigenvalue weighted by Gasteiger charge is 2.27. The first kappa shape index (κ1) is 21.7. The van der Waals surface area contributed by atoms with E-state index >= 15 is 0 Å². The van der Waals surface area contributed by atoms with E-state index in [0.717, 1.165) is 11.1 Å². The molecule has 0 fully saturated rings. The molecule has 0 aliphatic rings. The highest BCUT2D eigenvalue weighted by molar-refractivity contribution is 5.88. The second-order valence-corrected chi connectivity index (χ2v) is 6.35. The van der Waals surface area contributed by atoms with Crippen LogP contribution >= 0.6 is 0 Å². The summed E-state index contributed by atoms with van der Waals surface area (Å²) in [5.41, 5.74) is 7.29. The van der Waals surface area contributed by atoms with Gasteiger partial charge in [0.25, 0.3) is 0 Å². The van der Waals surface area contributed by atoms with Crippen molar-refractivity contribution in [1.29, 1.82) is 0 Å². The fourth-order valence-electron chi connectivity index (χ4n) is 2.65. The largest absolute Gasteiger partial charge is 0.461 e. The summed E-state index contributed by atoms with van der Waals surface area (Å²) in [6.45, 7) is -3.53. The highest BCUT2D eigenvalue weighted by Crippen LogP contribution is 2.17. The van der Waals surface area contributed by atoms with Crippen LogP contribution in [0.3, 0.4) is 0 Å². The molecular formula is C21H23F2NO4. The molecule has 28 heavy (non-hydrogen) atoms. The van der Waals surface area contributed by atoms with Gasteiger partial charge in [-0.25, -0.2) is 0 Å². The first-order valence-corrected chi connectivity index (χ1v) is 8.88. The summed E-state index contributed by atoms with van der Waals surface area (Å²) in [7, 11) is 0. The number of carbonyl (C=O) groups is 2. The average Bonchev–Trinajstić information content (AvgIpc) is 2.71. The molecule has 0 aliphatic carbocycles. The maximum atomic E-state index is 12.6. The van der Waals surface area contributed by atoms with Gasteiger partial charge in [0, 0.05) is 6.42 Å². The van der Waals surface area contributed by atoms with Gasteiger partial charge in [-0.2, -0.15) is 8.78 Å². The van der Waals surface area contributed by atoms with Crippen LogP contribution in [0.1, 0.15) is 17.5 Å². The second kappa shape index (κ2) is 11.3. The van der Waals surface area contributed by atoms with Gasteiger partial charge in [-0.1, -0.05) is 60.7 Å². The zero-order valence-corrected chi connectivity index (χ0v) is 15.3. The number of esters is 1. The van der Waals surface area contributed by atoms with E-state index in [2.05, 4.69) is 4.74 Å². The molecule has 0 heterocycles. The maximum absolute atomic E-state index is 12.6. The van der Waals surface area contributed by atoms with E-state index in [1.54, 1.807) is 0 Å². The Bertz CT molecular complexity index is 741. The summed E-state index contributed by atoms with van der Waals surface area (Å²) in [6, 6.07) is 17.1. The minimum absolute atomic E-state index is 0.0830. The molecule has 0 saturated carbocycles. The quantitative estimate of drug-likeness (QED) is 0.596. The van der Waals surface area contributed by atoms with Crippen LogP contribution in [0.5, 0.6) is 0 Å². The number of Topliss-reactive ketones (excluding diaryl/α,β-unsaturated/α-hetero) is 1. The van der Waals surface area contributed by atoms with E-state index in [-0.39, 0.29) is 19.4 Å². The van der Waals surface area contributed by atoms with Crippen molar-refractivity contribution in [3.63, 3.8) is 0 Å². The molecule has 7 heteroatoms. The smallest absolute Gasteiger partial charge is 0.345 e. The van der Waals surface area contributed by atoms with Crippen LogP contribution in [-0.2, 0) is 32.1 Å². The van der Waals surface area contributed by atoms with Crippen LogP contribution in [0.4, 0.5) is 8.78 Å². The van der Waals surface area contributed by atoms with Gasteiger partial charge in [-0.05, 0) is 17.5 Å². The van der Waals surface area contributed by atoms with Crippen molar-refractivity contribution < 1.29 is 27.8 Å². The maximum Gasteiger partial charge on any atom is 0.345 e. The van der Waals surface area contributed by atoms with E-state index in [1.807, 2.05) is 60.7 Å². The SMILES string of the molecule is N[C@@H](COC(F)F)C(=O)C[C@@H](Cc1ccccc1)C(=O)OCc1ccccc1. The Kier molecular flexibility index (Phi) is 8.71. The number of ketones is 1. The molecule has 0 aliphatic heterocycles. The molecular weight excluding hydrogens is 368 g/mol. The number of hydrogen-bond donors (Lipinski definition) is 1. The third-order valence-corrected chi connectivity index (χ3v) is 4.15. The number of halogens is 2. The van der Waals surface area contributed by atoms with Gasteiger partial charge in [0.05, 0.1) is 18.6 Å². The van der Waals surface area contributed by atoms with Crippen LogP contribution in [0.15, 0.2) is 60.7 Å². The van der Waals surface area contributed by atoms with Crippen molar-refractivity contribution in [2.75, 3.05) is 6.61 Å². The predicted molar refractivity (Wildman–Crippen MR) is 99.4 cm³/mol. The lowest BCUT2D eigenvalue weighted by atomic mass is 9.92. The molecule has 2 N–H and O–H groups in total. The third kappa shape index (κ3) is 7.54. The summed E-state index contributed by atoms with van der Waals surface area (Å²) in [5, 5.41) is 0. The van der Waals surface area contributed by atoms with E-state index < -0.39 is 36.9 Å². The number of carbonyl (C=O) groups excluding carboxylic acids is 2. The summed E-state index contributed by atoms with van der Waals surface area (Å²) in [6.07, 6.45) is 0.0684. The Labute approximate surface area is 162 Å². The van der Waals surface area contributed by atoms with Crippen LogP contribution in [0.25, 0.3) is 0 Å². The van der Waals surface area contributed by atoms with Crippen molar-refractivity contribution in [3.05, 3.63) is 71.8 Å². The molecule has 0 spiro atoms. The van der Waals surface area contributed by atoms with Gasteiger partial charge in [-0.3, -0.25) is 9.59 Å². The summed E-state index contributed by atoms with van der Waals surface area (Å²) in [4.78, 5) is 24.9. The van der Waals surface area contributed by atoms with Crippen molar-refractivity contribution in [3.8, 4) is 0 Å². The number of ether oxygens (including phenoxy) is 2. The average molecular weight is 391 g/mol. The summed E-state index contributed by atoms with van der Waals surface area (Å²) >= 11 is 0. The molecule has 2 rings (SSSR count). The molecule has 0 bridgehead atoms. The normalized spacial score (nSPS) is 13.1. The van der Waals surface area contributed by atoms with E-state index in [9.17, 15) is 18.4 Å². The minimum Gasteiger partial charge on any atom is -0.461 e. The number of rotatable bonds is 11. The third-order valence-electron chi connectivity index (χ3n) is 4.15. The molecule has 2 atom stereocenters. The Morgan fingerprint density at radius 3 is 2.07 bits per heavy atom. The summed E-state index contributed by atoms with van der Waals surface area (Å²) in [5.74, 6) is -1.84. The first-order valence-electron chi connectivity index (χ1n) is 8.88. The van der Waals surface area contributed by atoms with Gasteiger partial charge in [0.2, 0.25) is 0 Å². The lowest BCUT2D eigenvalue weighted by molar-refractivity contribution is -0.153. The van der Waals surface area contributed by atoms with E-state index in [1.165, 1.54) is 0 Å². The zero-order valence-electron chi connectivity index (χ0n) is 15.3. The standard InChI is InChI=1S/C21H23F2NO4/c22-21(23)28-14-18(24)19(25)12-17(11-15-7-3-1-4-8-15)20(26)27-13-16-9-5-2-6-10-16/h1-10,17-18,21H,11-14,24H2/t17-,18+/m1/s1. The van der Waals surface area contributed by atoms with Gasteiger partial charge in [0.15, 0.2) is 5.78 Å². The van der Waals surface area contributed by atoms with E-state index in [0.29, 0.717) is 0 Å². The molecule has 0 unspecified atom stereocenters. The van der Waals surface area contributed by atoms with Crippen LogP contribution in [-0.4, -0.2) is 31.0 Å². The van der Waals surface area contributed by atoms with Crippen LogP contribution < -0.4 is 5.73 Å². The van der Waals surface area contributed by atoms with Gasteiger partial charge in [0.1, 0.15) is 6.61 Å². The molecule has 0 aromatic heterocycles. The Balaban J connectivity index is 2.01. The number of alkyl halides is 2. The molecule has 2 aromatic carbocycles. The Morgan fingerprint density at radius 1 is 0.929 bits per heavy atom. The van der Waals surface area contributed by atoms with Crippen LogP contribution in [0.2, 0.25) is 0 Å². The number of benzene rings is 2. The van der Waals surface area contributed by atoms with Crippen molar-refractivity contribution >= 4 is 11.8 Å². The number of nitrogens with two attached hydrogens (primary N) is 1. The fraction of sp³-hybridized carbons (Fsp3) is 0.333. The first-order chi connectivity index (χ1) is 13.5. The monoisotopic (exact) mass is 391 g/mol. The lowest BCUT2D eigenvalue weighted by Gasteiger charge is -2.18. The lowest BCUT2D eigenvalue weighted by Crippen LogP contribution is -2.38.